The molecule has 10 heteroatoms. The summed E-state index contributed by atoms with van der Waals surface area (Å²) in [6.07, 6.45) is 5.83. The molecule has 1 aliphatic heterocycles. The number of H-pyrrole nitrogens is 1. The van der Waals surface area contributed by atoms with Crippen molar-refractivity contribution in [2.24, 2.45) is 0 Å². The molecule has 2 aromatic heterocycles. The van der Waals surface area contributed by atoms with Crippen LogP contribution in [0.2, 0.25) is 0 Å². The van der Waals surface area contributed by atoms with Crippen LogP contribution in [0.15, 0.2) is 55.0 Å². The minimum absolute atomic E-state index is 0.0772. The molecule has 1 aliphatic rings. The Labute approximate surface area is 207 Å². The van der Waals surface area contributed by atoms with Crippen LogP contribution in [0.25, 0.3) is 22.3 Å². The number of benzene rings is 2. The number of hydrogen-bond donors (Lipinski definition) is 1. The largest absolute Gasteiger partial charge is 0.497 e. The lowest BCUT2D eigenvalue weighted by atomic mass is 10.1. The van der Waals surface area contributed by atoms with Gasteiger partial charge in [0.25, 0.3) is 5.92 Å². The molecule has 0 saturated carbocycles. The Morgan fingerprint density at radius 2 is 1.83 bits per heavy atom. The molecule has 0 amide bonds. The number of aromatic nitrogens is 4. The number of nitrogens with zero attached hydrogens (tertiary/aromatic N) is 5. The van der Waals surface area contributed by atoms with Crippen LogP contribution >= 0.6 is 0 Å². The number of likely N-dealkylation sites (tertiary alicyclic amines) is 1. The van der Waals surface area contributed by atoms with Gasteiger partial charge in [0.15, 0.2) is 0 Å². The molecule has 0 spiro atoms. The van der Waals surface area contributed by atoms with Crippen LogP contribution in [0.1, 0.15) is 12.8 Å². The summed E-state index contributed by atoms with van der Waals surface area (Å²) in [6.45, 7) is 1.44. The molecule has 36 heavy (non-hydrogen) atoms. The summed E-state index contributed by atoms with van der Waals surface area (Å²) < 4.78 is 38.3. The summed E-state index contributed by atoms with van der Waals surface area (Å²) in [5.74, 6) is -1.27. The zero-order valence-corrected chi connectivity index (χ0v) is 20.2. The van der Waals surface area contributed by atoms with Crippen LogP contribution in [-0.2, 0) is 0 Å². The first-order chi connectivity index (χ1) is 17.4. The van der Waals surface area contributed by atoms with Gasteiger partial charge in [-0.25, -0.2) is 13.8 Å². The van der Waals surface area contributed by atoms with E-state index in [0.717, 1.165) is 33.7 Å². The fourth-order valence-corrected chi connectivity index (χ4v) is 4.50. The zero-order valence-electron chi connectivity index (χ0n) is 20.2. The van der Waals surface area contributed by atoms with Gasteiger partial charge in [0, 0.05) is 67.4 Å². The van der Waals surface area contributed by atoms with Crippen molar-refractivity contribution in [3.63, 3.8) is 0 Å². The van der Waals surface area contributed by atoms with Gasteiger partial charge in [-0.2, -0.15) is 5.10 Å². The van der Waals surface area contributed by atoms with Crippen molar-refractivity contribution < 1.29 is 18.3 Å². The second-order valence-corrected chi connectivity index (χ2v) is 8.87. The lowest BCUT2D eigenvalue weighted by molar-refractivity contribution is 0.0122. The van der Waals surface area contributed by atoms with Gasteiger partial charge in [0.1, 0.15) is 11.5 Å². The van der Waals surface area contributed by atoms with Crippen molar-refractivity contribution in [3.05, 3.63) is 55.0 Å². The maximum atomic E-state index is 13.7. The molecule has 1 saturated heterocycles. The lowest BCUT2D eigenvalue weighted by Gasteiger charge is -2.27. The highest BCUT2D eigenvalue weighted by molar-refractivity contribution is 5.82. The van der Waals surface area contributed by atoms with Crippen molar-refractivity contribution in [1.29, 1.82) is 0 Å². The lowest BCUT2D eigenvalue weighted by Crippen LogP contribution is -2.29. The van der Waals surface area contributed by atoms with Gasteiger partial charge in [0.05, 0.1) is 49.9 Å². The van der Waals surface area contributed by atoms with Crippen LogP contribution in [0.3, 0.4) is 0 Å². The van der Waals surface area contributed by atoms with E-state index in [0.29, 0.717) is 37.6 Å². The molecule has 4 aromatic rings. The smallest absolute Gasteiger partial charge is 0.261 e. The summed E-state index contributed by atoms with van der Waals surface area (Å²) in [7, 11) is 3.22. The third-order valence-corrected chi connectivity index (χ3v) is 6.38. The number of alkyl halides is 2. The van der Waals surface area contributed by atoms with Gasteiger partial charge in [-0.3, -0.25) is 15.0 Å². The first-order valence-corrected chi connectivity index (χ1v) is 11.8. The second kappa shape index (κ2) is 10.1. The molecular formula is C26H28F2N6O2. The quantitative estimate of drug-likeness (QED) is 0.354. The molecule has 2 aromatic carbocycles. The Bertz CT molecular complexity index is 1310. The second-order valence-electron chi connectivity index (χ2n) is 8.87. The first-order valence-electron chi connectivity index (χ1n) is 11.8. The van der Waals surface area contributed by atoms with Gasteiger partial charge >= 0.3 is 0 Å². The Kier molecular flexibility index (Phi) is 6.69. The van der Waals surface area contributed by atoms with E-state index < -0.39 is 5.92 Å². The summed E-state index contributed by atoms with van der Waals surface area (Å²) in [4.78, 5) is 13.3. The number of anilines is 2. The van der Waals surface area contributed by atoms with E-state index in [9.17, 15) is 8.78 Å². The molecule has 0 unspecified atom stereocenters. The van der Waals surface area contributed by atoms with Crippen molar-refractivity contribution in [3.8, 4) is 22.8 Å². The van der Waals surface area contributed by atoms with E-state index in [-0.39, 0.29) is 13.0 Å². The number of fused-ring (bicyclic) bond motifs is 1. The maximum Gasteiger partial charge on any atom is 0.261 e. The number of methoxy groups -OCH3 is 2. The van der Waals surface area contributed by atoms with Crippen molar-refractivity contribution in [1.82, 2.24) is 25.1 Å². The van der Waals surface area contributed by atoms with E-state index in [1.165, 1.54) is 0 Å². The normalized spacial score (nSPS) is 15.3. The first kappa shape index (κ1) is 23.9. The highest BCUT2D eigenvalue weighted by Gasteiger charge is 2.37. The van der Waals surface area contributed by atoms with E-state index in [1.807, 2.05) is 41.3 Å². The Hall–Kier alpha value is -3.79. The number of aromatic amines is 1. The molecular weight excluding hydrogens is 466 g/mol. The third-order valence-electron chi connectivity index (χ3n) is 6.38. The molecule has 0 aliphatic carbocycles. The van der Waals surface area contributed by atoms with Gasteiger partial charge in [-0.1, -0.05) is 0 Å². The SMILES string of the molecule is COc1cc(OC)cc(N(CCCN2CCC(F)(F)C2)c2ccc3ncc(-c4cn[nH]c4)nc3c2)c1. The minimum atomic E-state index is -2.59. The van der Waals surface area contributed by atoms with Crippen LogP contribution in [0.4, 0.5) is 20.2 Å². The molecule has 8 nitrogen and oxygen atoms in total. The number of halogens is 2. The molecule has 3 heterocycles. The van der Waals surface area contributed by atoms with Crippen LogP contribution < -0.4 is 14.4 Å². The van der Waals surface area contributed by atoms with Gasteiger partial charge in [-0.15, -0.1) is 0 Å². The summed E-state index contributed by atoms with van der Waals surface area (Å²) in [6, 6.07) is 11.6. The van der Waals surface area contributed by atoms with Crippen molar-refractivity contribution in [2.75, 3.05) is 45.3 Å². The number of nitrogens with one attached hydrogen (secondary N) is 1. The molecule has 188 valence electrons. The van der Waals surface area contributed by atoms with E-state index in [4.69, 9.17) is 14.5 Å². The average Bonchev–Trinajstić information content (AvgIpc) is 3.55. The highest BCUT2D eigenvalue weighted by atomic mass is 19.3. The van der Waals surface area contributed by atoms with Crippen molar-refractivity contribution >= 4 is 22.4 Å². The molecule has 1 N–H and O–H groups in total. The van der Waals surface area contributed by atoms with Gasteiger partial charge in [-0.05, 0) is 24.6 Å². The summed E-state index contributed by atoms with van der Waals surface area (Å²) >= 11 is 0. The summed E-state index contributed by atoms with van der Waals surface area (Å²) in [5.41, 5.74) is 4.86. The van der Waals surface area contributed by atoms with Crippen LogP contribution in [-0.4, -0.2) is 71.4 Å². The Balaban J connectivity index is 1.47. The van der Waals surface area contributed by atoms with E-state index in [1.54, 1.807) is 32.8 Å². The van der Waals surface area contributed by atoms with Crippen LogP contribution in [0.5, 0.6) is 11.5 Å². The van der Waals surface area contributed by atoms with Gasteiger partial charge < -0.3 is 14.4 Å². The fourth-order valence-electron chi connectivity index (χ4n) is 4.50. The Morgan fingerprint density at radius 1 is 1.03 bits per heavy atom. The number of hydrogen-bond acceptors (Lipinski definition) is 7. The molecule has 0 bridgehead atoms. The molecule has 0 radical (unpaired) electrons. The Morgan fingerprint density at radius 3 is 2.50 bits per heavy atom. The number of ether oxygens (including phenoxy) is 2. The predicted octanol–water partition coefficient (Wildman–Crippen LogP) is 4.91. The third kappa shape index (κ3) is 5.23. The fraction of sp³-hybridized carbons (Fsp3) is 0.346. The standard InChI is InChI=1S/C26H28F2N6O2/c1-35-21-10-20(11-22(13-21)36-2)34(8-3-7-33-9-6-26(27,28)17-33)19-4-5-23-24(12-19)32-25(16-29-23)18-14-30-31-15-18/h4-5,10-16H,3,6-9,17H2,1-2H3,(H,30,31). The maximum absolute atomic E-state index is 13.7. The predicted molar refractivity (Wildman–Crippen MR) is 134 cm³/mol. The molecule has 5 rings (SSSR count). The van der Waals surface area contributed by atoms with Crippen LogP contribution in [0, 0.1) is 0 Å². The van der Waals surface area contributed by atoms with Gasteiger partial charge in [0.2, 0.25) is 0 Å². The number of rotatable bonds is 9. The van der Waals surface area contributed by atoms with E-state index >= 15 is 0 Å². The minimum Gasteiger partial charge on any atom is -0.497 e. The molecule has 1 fully saturated rings. The summed E-state index contributed by atoms with van der Waals surface area (Å²) in [5, 5.41) is 6.80. The monoisotopic (exact) mass is 494 g/mol. The van der Waals surface area contributed by atoms with E-state index in [2.05, 4.69) is 20.1 Å². The highest BCUT2D eigenvalue weighted by Crippen LogP contribution is 2.34. The average molecular weight is 495 g/mol. The zero-order chi connectivity index (χ0) is 25.1. The van der Waals surface area contributed by atoms with Crippen molar-refractivity contribution in [2.45, 2.75) is 18.8 Å². The topological polar surface area (TPSA) is 79.4 Å². The molecule has 0 atom stereocenters.